The molecule has 0 aromatic rings. The number of rotatable bonds is 0. The van der Waals surface area contributed by atoms with Crippen LogP contribution in [0.1, 0.15) is 13.3 Å². The third kappa shape index (κ3) is 1.30. The van der Waals surface area contributed by atoms with E-state index in [1.807, 2.05) is 0 Å². The monoisotopic (exact) mass is 173 g/mol. The molecule has 3 heteroatoms. The molecule has 4 unspecified atom stereocenters. The molecule has 2 rings (SSSR count). The first-order chi connectivity index (χ1) is 5.29. The first-order valence-electron chi connectivity index (χ1n) is 4.32. The van der Waals surface area contributed by atoms with Gasteiger partial charge >= 0.3 is 0 Å². The van der Waals surface area contributed by atoms with E-state index in [9.17, 15) is 0 Å². The minimum absolute atomic E-state index is 0.293. The number of hydrogen-bond acceptors (Lipinski definition) is 3. The minimum atomic E-state index is 0.293. The number of thiol groups is 1. The summed E-state index contributed by atoms with van der Waals surface area (Å²) >= 11 is 4.57. The lowest BCUT2D eigenvalue weighted by Gasteiger charge is -2.32. The van der Waals surface area contributed by atoms with E-state index >= 15 is 0 Å². The predicted molar refractivity (Wildman–Crippen MR) is 47.8 cm³/mol. The molecule has 0 bridgehead atoms. The van der Waals surface area contributed by atoms with Crippen LogP contribution < -0.4 is 5.32 Å². The second-order valence-corrected chi connectivity index (χ2v) is 4.28. The van der Waals surface area contributed by atoms with Crippen LogP contribution in [0.4, 0.5) is 0 Å². The van der Waals surface area contributed by atoms with Crippen molar-refractivity contribution in [1.82, 2.24) is 5.32 Å². The van der Waals surface area contributed by atoms with Gasteiger partial charge in [0.05, 0.1) is 6.61 Å². The van der Waals surface area contributed by atoms with Gasteiger partial charge in [-0.2, -0.15) is 12.6 Å². The fourth-order valence-electron chi connectivity index (χ4n) is 2.12. The van der Waals surface area contributed by atoms with Gasteiger partial charge in [0.1, 0.15) is 6.23 Å². The van der Waals surface area contributed by atoms with Crippen LogP contribution in [0.2, 0.25) is 0 Å². The zero-order chi connectivity index (χ0) is 7.84. The molecule has 0 amide bonds. The molecule has 1 N–H and O–H groups in total. The normalized spacial score (nSPS) is 50.7. The Kier molecular flexibility index (Phi) is 2.12. The number of hydrogen-bond donors (Lipinski definition) is 2. The van der Waals surface area contributed by atoms with Gasteiger partial charge < -0.3 is 4.74 Å². The van der Waals surface area contributed by atoms with E-state index in [1.165, 1.54) is 6.42 Å². The van der Waals surface area contributed by atoms with Gasteiger partial charge in [0.25, 0.3) is 0 Å². The highest BCUT2D eigenvalue weighted by atomic mass is 32.1. The SMILES string of the molecule is CC1COC2NCCC(S)C12. The van der Waals surface area contributed by atoms with E-state index in [0.29, 0.717) is 23.3 Å². The molecule has 4 atom stereocenters. The topological polar surface area (TPSA) is 21.3 Å². The third-order valence-electron chi connectivity index (χ3n) is 2.78. The highest BCUT2D eigenvalue weighted by molar-refractivity contribution is 7.81. The molecule has 2 heterocycles. The highest BCUT2D eigenvalue weighted by Gasteiger charge is 2.40. The molecule has 0 spiro atoms. The lowest BCUT2D eigenvalue weighted by Crippen LogP contribution is -2.45. The predicted octanol–water partition coefficient (Wildman–Crippen LogP) is 0.887. The van der Waals surface area contributed by atoms with Crippen molar-refractivity contribution in [2.45, 2.75) is 24.8 Å². The third-order valence-corrected chi connectivity index (χ3v) is 3.38. The second kappa shape index (κ2) is 2.96. The average molecular weight is 173 g/mol. The number of nitrogens with one attached hydrogen (secondary N) is 1. The van der Waals surface area contributed by atoms with Crippen molar-refractivity contribution >= 4 is 12.6 Å². The molecule has 0 aliphatic carbocycles. The summed E-state index contributed by atoms with van der Waals surface area (Å²) in [6, 6.07) is 0. The molecular weight excluding hydrogens is 158 g/mol. The van der Waals surface area contributed by atoms with E-state index in [-0.39, 0.29) is 0 Å². The Morgan fingerprint density at radius 2 is 2.36 bits per heavy atom. The number of fused-ring (bicyclic) bond motifs is 1. The van der Waals surface area contributed by atoms with Crippen LogP contribution in [-0.4, -0.2) is 24.6 Å². The molecule has 11 heavy (non-hydrogen) atoms. The van der Waals surface area contributed by atoms with Gasteiger partial charge in [0.15, 0.2) is 0 Å². The molecule has 2 aliphatic heterocycles. The first kappa shape index (κ1) is 7.90. The molecular formula is C8H15NOS. The van der Waals surface area contributed by atoms with Gasteiger partial charge in [-0.15, -0.1) is 0 Å². The van der Waals surface area contributed by atoms with Gasteiger partial charge in [-0.05, 0) is 18.9 Å². The van der Waals surface area contributed by atoms with Gasteiger partial charge in [0, 0.05) is 11.2 Å². The van der Waals surface area contributed by atoms with Crippen LogP contribution in [0.25, 0.3) is 0 Å². The van der Waals surface area contributed by atoms with Crippen molar-refractivity contribution in [2.24, 2.45) is 11.8 Å². The van der Waals surface area contributed by atoms with Gasteiger partial charge in [-0.1, -0.05) is 6.92 Å². The van der Waals surface area contributed by atoms with E-state index < -0.39 is 0 Å². The summed E-state index contributed by atoms with van der Waals surface area (Å²) in [4.78, 5) is 0. The summed E-state index contributed by atoms with van der Waals surface area (Å²) in [7, 11) is 0. The number of piperidine rings is 1. The van der Waals surface area contributed by atoms with Crippen molar-refractivity contribution in [3.8, 4) is 0 Å². The maximum atomic E-state index is 5.58. The summed E-state index contributed by atoms with van der Waals surface area (Å²) in [5.74, 6) is 1.31. The summed E-state index contributed by atoms with van der Waals surface area (Å²) in [6.45, 7) is 4.21. The minimum Gasteiger partial charge on any atom is -0.363 e. The Hall–Kier alpha value is 0.270. The van der Waals surface area contributed by atoms with Gasteiger partial charge in [0.2, 0.25) is 0 Å². The van der Waals surface area contributed by atoms with Crippen molar-refractivity contribution in [3.63, 3.8) is 0 Å². The van der Waals surface area contributed by atoms with E-state index in [0.717, 1.165) is 13.2 Å². The molecule has 2 aliphatic rings. The van der Waals surface area contributed by atoms with Crippen LogP contribution in [0.5, 0.6) is 0 Å². The molecule has 2 fully saturated rings. The van der Waals surface area contributed by atoms with Crippen LogP contribution in [0.3, 0.4) is 0 Å². The summed E-state index contributed by atoms with van der Waals surface area (Å²) < 4.78 is 5.58. The molecule has 2 saturated heterocycles. The van der Waals surface area contributed by atoms with Crippen molar-refractivity contribution in [2.75, 3.05) is 13.2 Å². The van der Waals surface area contributed by atoms with Crippen LogP contribution in [-0.2, 0) is 4.74 Å². The second-order valence-electron chi connectivity index (χ2n) is 3.62. The van der Waals surface area contributed by atoms with E-state index in [4.69, 9.17) is 4.74 Å². The Bertz CT molecular complexity index is 151. The standard InChI is InChI=1S/C8H15NOS/c1-5-4-10-8-7(5)6(11)2-3-9-8/h5-9,11H,2-4H2,1H3. The number of ether oxygens (including phenoxy) is 1. The Morgan fingerprint density at radius 3 is 3.09 bits per heavy atom. The fourth-order valence-corrected chi connectivity index (χ4v) is 2.70. The zero-order valence-electron chi connectivity index (χ0n) is 6.79. The Balaban J connectivity index is 2.08. The average Bonchev–Trinajstić information content (AvgIpc) is 2.34. The van der Waals surface area contributed by atoms with Crippen LogP contribution >= 0.6 is 12.6 Å². The lowest BCUT2D eigenvalue weighted by atomic mass is 9.88. The summed E-state index contributed by atoms with van der Waals surface area (Å²) in [5, 5.41) is 3.91. The largest absolute Gasteiger partial charge is 0.363 e. The molecule has 0 saturated carbocycles. The smallest absolute Gasteiger partial charge is 0.112 e. The molecule has 2 nitrogen and oxygen atoms in total. The summed E-state index contributed by atoms with van der Waals surface area (Å²) in [6.07, 6.45) is 1.47. The van der Waals surface area contributed by atoms with Crippen molar-refractivity contribution < 1.29 is 4.74 Å². The fraction of sp³-hybridized carbons (Fsp3) is 1.00. The Morgan fingerprint density at radius 1 is 1.55 bits per heavy atom. The van der Waals surface area contributed by atoms with E-state index in [2.05, 4.69) is 24.9 Å². The van der Waals surface area contributed by atoms with Crippen molar-refractivity contribution in [3.05, 3.63) is 0 Å². The van der Waals surface area contributed by atoms with Gasteiger partial charge in [-0.3, -0.25) is 5.32 Å². The quantitative estimate of drug-likeness (QED) is 0.531. The van der Waals surface area contributed by atoms with Crippen LogP contribution in [0, 0.1) is 11.8 Å². The highest BCUT2D eigenvalue weighted by Crippen LogP contribution is 2.34. The van der Waals surface area contributed by atoms with Crippen LogP contribution in [0.15, 0.2) is 0 Å². The maximum Gasteiger partial charge on any atom is 0.112 e. The molecule has 64 valence electrons. The Labute approximate surface area is 73.1 Å². The van der Waals surface area contributed by atoms with E-state index in [1.54, 1.807) is 0 Å². The van der Waals surface area contributed by atoms with Crippen molar-refractivity contribution in [1.29, 1.82) is 0 Å². The molecule has 0 aromatic heterocycles. The molecule has 0 radical (unpaired) electrons. The lowest BCUT2D eigenvalue weighted by molar-refractivity contribution is 0.0501. The molecule has 0 aromatic carbocycles. The zero-order valence-corrected chi connectivity index (χ0v) is 7.68. The maximum absolute atomic E-state index is 5.58. The van der Waals surface area contributed by atoms with Gasteiger partial charge in [-0.25, -0.2) is 0 Å². The first-order valence-corrected chi connectivity index (χ1v) is 4.84. The summed E-state index contributed by atoms with van der Waals surface area (Å²) in [5.41, 5.74) is 0.